The van der Waals surface area contributed by atoms with E-state index in [1.54, 1.807) is 36.4 Å². The zero-order chi connectivity index (χ0) is 13.8. The molecule has 0 bridgehead atoms. The third kappa shape index (κ3) is 2.57. The molecular formula is C15H15NO3. The summed E-state index contributed by atoms with van der Waals surface area (Å²) in [6.45, 7) is 2.58. The molecular weight excluding hydrogens is 242 g/mol. The summed E-state index contributed by atoms with van der Waals surface area (Å²) >= 11 is 0. The van der Waals surface area contributed by atoms with Crippen LogP contribution < -0.4 is 5.32 Å². The molecule has 2 aromatic rings. The molecule has 0 spiro atoms. The average Bonchev–Trinajstić information content (AvgIpc) is 2.43. The van der Waals surface area contributed by atoms with E-state index in [0.29, 0.717) is 22.9 Å². The van der Waals surface area contributed by atoms with Crippen LogP contribution in [0.5, 0.6) is 0 Å². The van der Waals surface area contributed by atoms with Crippen molar-refractivity contribution in [3.05, 3.63) is 47.5 Å². The van der Waals surface area contributed by atoms with Gasteiger partial charge >= 0.3 is 5.97 Å². The van der Waals surface area contributed by atoms with Crippen LogP contribution in [0.4, 0.5) is 0 Å². The Balaban J connectivity index is 2.55. The van der Waals surface area contributed by atoms with Crippen molar-refractivity contribution in [2.75, 3.05) is 6.54 Å². The zero-order valence-electron chi connectivity index (χ0n) is 10.6. The average molecular weight is 257 g/mol. The van der Waals surface area contributed by atoms with Crippen LogP contribution >= 0.6 is 0 Å². The summed E-state index contributed by atoms with van der Waals surface area (Å²) in [6.07, 6.45) is 0.858. The Hall–Kier alpha value is -2.36. The smallest absolute Gasteiger partial charge is 0.336 e. The van der Waals surface area contributed by atoms with Crippen molar-refractivity contribution < 1.29 is 14.7 Å². The fourth-order valence-corrected chi connectivity index (χ4v) is 2.03. The van der Waals surface area contributed by atoms with Gasteiger partial charge in [-0.1, -0.05) is 31.2 Å². The molecule has 0 saturated heterocycles. The van der Waals surface area contributed by atoms with Crippen molar-refractivity contribution in [3.63, 3.8) is 0 Å². The van der Waals surface area contributed by atoms with E-state index in [-0.39, 0.29) is 11.5 Å². The summed E-state index contributed by atoms with van der Waals surface area (Å²) in [4.78, 5) is 23.2. The molecule has 2 aromatic carbocycles. The van der Waals surface area contributed by atoms with Crippen molar-refractivity contribution in [3.8, 4) is 0 Å². The van der Waals surface area contributed by atoms with Gasteiger partial charge in [-0.3, -0.25) is 4.79 Å². The minimum atomic E-state index is -0.989. The Kier molecular flexibility index (Phi) is 3.80. The van der Waals surface area contributed by atoms with E-state index in [1.165, 1.54) is 0 Å². The highest BCUT2D eigenvalue weighted by molar-refractivity contribution is 6.12. The van der Waals surface area contributed by atoms with Gasteiger partial charge in [0.15, 0.2) is 0 Å². The molecule has 2 rings (SSSR count). The number of carboxylic acids is 1. The van der Waals surface area contributed by atoms with Crippen LogP contribution in [0.2, 0.25) is 0 Å². The predicted octanol–water partition coefficient (Wildman–Crippen LogP) is 2.68. The van der Waals surface area contributed by atoms with Gasteiger partial charge in [-0.05, 0) is 29.3 Å². The molecule has 4 heteroatoms. The molecule has 0 aliphatic rings. The van der Waals surface area contributed by atoms with Gasteiger partial charge in [-0.25, -0.2) is 4.79 Å². The number of carbonyl (C=O) groups excluding carboxylic acids is 1. The van der Waals surface area contributed by atoms with Gasteiger partial charge in [0, 0.05) is 12.1 Å². The Labute approximate surface area is 111 Å². The molecule has 0 fully saturated rings. The third-order valence-electron chi connectivity index (χ3n) is 2.93. The van der Waals surface area contributed by atoms with Gasteiger partial charge in [0.1, 0.15) is 0 Å². The van der Waals surface area contributed by atoms with E-state index >= 15 is 0 Å². The molecule has 0 aliphatic carbocycles. The summed E-state index contributed by atoms with van der Waals surface area (Å²) in [6, 6.07) is 10.1. The topological polar surface area (TPSA) is 66.4 Å². The largest absolute Gasteiger partial charge is 0.478 e. The summed E-state index contributed by atoms with van der Waals surface area (Å²) in [5.74, 6) is -1.16. The van der Waals surface area contributed by atoms with Gasteiger partial charge in [0.25, 0.3) is 5.91 Å². The van der Waals surface area contributed by atoms with Crippen molar-refractivity contribution in [2.24, 2.45) is 0 Å². The first-order chi connectivity index (χ1) is 9.15. The van der Waals surface area contributed by atoms with Gasteiger partial charge < -0.3 is 10.4 Å². The van der Waals surface area contributed by atoms with Crippen LogP contribution in [0.3, 0.4) is 0 Å². The van der Waals surface area contributed by atoms with Crippen LogP contribution in [-0.2, 0) is 0 Å². The number of amides is 1. The Morgan fingerprint density at radius 1 is 1.05 bits per heavy atom. The molecule has 0 aromatic heterocycles. The molecule has 0 radical (unpaired) electrons. The van der Waals surface area contributed by atoms with E-state index < -0.39 is 5.97 Å². The second-order valence-electron chi connectivity index (χ2n) is 4.27. The maximum atomic E-state index is 12.0. The number of benzene rings is 2. The molecule has 19 heavy (non-hydrogen) atoms. The molecule has 0 aliphatic heterocycles. The number of hydrogen-bond donors (Lipinski definition) is 2. The van der Waals surface area contributed by atoms with Crippen LogP contribution in [0.25, 0.3) is 10.8 Å². The van der Waals surface area contributed by atoms with Crippen LogP contribution in [0.15, 0.2) is 36.4 Å². The van der Waals surface area contributed by atoms with Crippen molar-refractivity contribution in [2.45, 2.75) is 13.3 Å². The Bertz CT molecular complexity index is 634. The molecule has 0 atom stereocenters. The minimum Gasteiger partial charge on any atom is -0.478 e. The number of fused-ring (bicyclic) bond motifs is 1. The van der Waals surface area contributed by atoms with Crippen LogP contribution in [-0.4, -0.2) is 23.5 Å². The number of hydrogen-bond acceptors (Lipinski definition) is 2. The molecule has 1 amide bonds. The summed E-state index contributed by atoms with van der Waals surface area (Å²) in [5, 5.41) is 13.2. The molecule has 2 N–H and O–H groups in total. The third-order valence-corrected chi connectivity index (χ3v) is 2.93. The minimum absolute atomic E-state index is 0.171. The lowest BCUT2D eigenvalue weighted by Crippen LogP contribution is -2.24. The number of rotatable bonds is 4. The zero-order valence-corrected chi connectivity index (χ0v) is 10.6. The van der Waals surface area contributed by atoms with Crippen molar-refractivity contribution in [1.82, 2.24) is 5.32 Å². The van der Waals surface area contributed by atoms with Gasteiger partial charge in [0.2, 0.25) is 0 Å². The van der Waals surface area contributed by atoms with E-state index in [0.717, 1.165) is 6.42 Å². The normalized spacial score (nSPS) is 10.4. The van der Waals surface area contributed by atoms with E-state index in [9.17, 15) is 9.59 Å². The Morgan fingerprint density at radius 3 is 2.21 bits per heavy atom. The number of carboxylic acid groups (broad SMARTS) is 1. The number of nitrogens with one attached hydrogen (secondary N) is 1. The lowest BCUT2D eigenvalue weighted by molar-refractivity contribution is 0.0698. The van der Waals surface area contributed by atoms with E-state index in [4.69, 9.17) is 5.11 Å². The monoisotopic (exact) mass is 257 g/mol. The maximum Gasteiger partial charge on any atom is 0.336 e. The highest BCUT2D eigenvalue weighted by atomic mass is 16.4. The number of carbonyl (C=O) groups is 2. The summed E-state index contributed by atoms with van der Waals surface area (Å²) in [5.41, 5.74) is 0.719. The van der Waals surface area contributed by atoms with E-state index in [2.05, 4.69) is 5.32 Å². The first-order valence-electron chi connectivity index (χ1n) is 6.18. The summed E-state index contributed by atoms with van der Waals surface area (Å²) < 4.78 is 0. The fraction of sp³-hybridized carbons (Fsp3) is 0.200. The van der Waals surface area contributed by atoms with Gasteiger partial charge in [0.05, 0.1) is 5.56 Å². The molecule has 0 saturated carbocycles. The van der Waals surface area contributed by atoms with Crippen LogP contribution in [0.1, 0.15) is 34.1 Å². The lowest BCUT2D eigenvalue weighted by Gasteiger charge is -2.08. The van der Waals surface area contributed by atoms with Gasteiger partial charge in [-0.15, -0.1) is 0 Å². The van der Waals surface area contributed by atoms with E-state index in [1.807, 2.05) is 6.92 Å². The second kappa shape index (κ2) is 5.52. The van der Waals surface area contributed by atoms with Crippen molar-refractivity contribution >= 4 is 22.6 Å². The molecule has 4 nitrogen and oxygen atoms in total. The van der Waals surface area contributed by atoms with Gasteiger partial charge in [-0.2, -0.15) is 0 Å². The Morgan fingerprint density at radius 2 is 1.63 bits per heavy atom. The first-order valence-corrected chi connectivity index (χ1v) is 6.18. The first kappa shape index (κ1) is 13.1. The number of aromatic carboxylic acids is 1. The SMILES string of the molecule is CCCNC(=O)c1cccc2c(C(=O)O)cccc12. The van der Waals surface area contributed by atoms with Crippen LogP contribution in [0, 0.1) is 0 Å². The highest BCUT2D eigenvalue weighted by Gasteiger charge is 2.13. The second-order valence-corrected chi connectivity index (χ2v) is 4.27. The molecule has 0 unspecified atom stereocenters. The maximum absolute atomic E-state index is 12.0. The fourth-order valence-electron chi connectivity index (χ4n) is 2.03. The van der Waals surface area contributed by atoms with Crippen molar-refractivity contribution in [1.29, 1.82) is 0 Å². The lowest BCUT2D eigenvalue weighted by atomic mass is 9.99. The summed E-state index contributed by atoms with van der Waals surface area (Å²) in [7, 11) is 0. The predicted molar refractivity (Wildman–Crippen MR) is 73.5 cm³/mol. The molecule has 98 valence electrons. The highest BCUT2D eigenvalue weighted by Crippen LogP contribution is 2.22. The quantitative estimate of drug-likeness (QED) is 0.885. The standard InChI is InChI=1S/C15H15NO3/c1-2-9-16-14(17)12-7-3-6-11-10(12)5-4-8-13(11)15(18)19/h3-8H,2,9H2,1H3,(H,16,17)(H,18,19). The molecule has 0 heterocycles.